The number of aliphatic hydroxyl groups excluding tert-OH is 1. The standard InChI is InChI=1S/C19H27ClN2O3/c20-17-6-2-3-7-18(17)25-14-19(24)22-11-15(16(12-22)13-23)10-21-8-4-1-5-9-21/h2-3,6-7,15-16,23H,1,4-5,8-14H2/t15-,16-/m0/s1. The van der Waals surface area contributed by atoms with Gasteiger partial charge in [-0.3, -0.25) is 4.79 Å². The van der Waals surface area contributed by atoms with Gasteiger partial charge in [-0.15, -0.1) is 0 Å². The molecule has 1 N–H and O–H groups in total. The molecule has 2 atom stereocenters. The Morgan fingerprint density at radius 2 is 1.88 bits per heavy atom. The molecule has 2 heterocycles. The SMILES string of the molecule is O=C(COc1ccccc1Cl)N1C[C@@H](CO)[C@@H](CN2CCCCC2)C1. The maximum absolute atomic E-state index is 12.5. The van der Waals surface area contributed by atoms with Crippen LogP contribution >= 0.6 is 11.6 Å². The summed E-state index contributed by atoms with van der Waals surface area (Å²) in [5.41, 5.74) is 0. The topological polar surface area (TPSA) is 53.0 Å². The van der Waals surface area contributed by atoms with Crippen molar-refractivity contribution < 1.29 is 14.6 Å². The van der Waals surface area contributed by atoms with Crippen LogP contribution in [0.1, 0.15) is 19.3 Å². The lowest BCUT2D eigenvalue weighted by Crippen LogP contribution is -2.38. The number of hydrogen-bond donors (Lipinski definition) is 1. The normalized spacial score (nSPS) is 24.5. The monoisotopic (exact) mass is 366 g/mol. The zero-order valence-corrected chi connectivity index (χ0v) is 15.3. The average Bonchev–Trinajstić information content (AvgIpc) is 3.04. The van der Waals surface area contributed by atoms with Crippen molar-refractivity contribution in [3.05, 3.63) is 29.3 Å². The highest BCUT2D eigenvalue weighted by Gasteiger charge is 2.36. The van der Waals surface area contributed by atoms with Crippen molar-refractivity contribution in [2.75, 3.05) is 45.9 Å². The van der Waals surface area contributed by atoms with Crippen LogP contribution < -0.4 is 4.74 Å². The van der Waals surface area contributed by atoms with Crippen molar-refractivity contribution in [3.63, 3.8) is 0 Å². The molecule has 2 saturated heterocycles. The zero-order chi connectivity index (χ0) is 17.6. The second-order valence-electron chi connectivity index (χ2n) is 7.08. The number of para-hydroxylation sites is 1. The minimum atomic E-state index is -0.0421. The molecule has 25 heavy (non-hydrogen) atoms. The fourth-order valence-electron chi connectivity index (χ4n) is 3.82. The maximum Gasteiger partial charge on any atom is 0.260 e. The van der Waals surface area contributed by atoms with Crippen molar-refractivity contribution in [1.82, 2.24) is 9.80 Å². The van der Waals surface area contributed by atoms with Crippen LogP contribution in [0, 0.1) is 11.8 Å². The molecular weight excluding hydrogens is 340 g/mol. The van der Waals surface area contributed by atoms with Crippen LogP contribution in [-0.2, 0) is 4.79 Å². The predicted molar refractivity (Wildman–Crippen MR) is 97.9 cm³/mol. The summed E-state index contributed by atoms with van der Waals surface area (Å²) in [4.78, 5) is 16.8. The Morgan fingerprint density at radius 1 is 1.16 bits per heavy atom. The Kier molecular flexibility index (Phi) is 6.57. The van der Waals surface area contributed by atoms with Crippen LogP contribution in [-0.4, -0.2) is 66.8 Å². The highest BCUT2D eigenvalue weighted by atomic mass is 35.5. The van der Waals surface area contributed by atoms with Gasteiger partial charge in [0.25, 0.3) is 5.91 Å². The van der Waals surface area contributed by atoms with Crippen LogP contribution in [0.25, 0.3) is 0 Å². The van der Waals surface area contributed by atoms with Crippen LogP contribution in [0.15, 0.2) is 24.3 Å². The van der Waals surface area contributed by atoms with Gasteiger partial charge in [0, 0.05) is 32.2 Å². The number of nitrogens with zero attached hydrogens (tertiary/aromatic N) is 2. The largest absolute Gasteiger partial charge is 0.482 e. The molecule has 0 spiro atoms. The van der Waals surface area contributed by atoms with Gasteiger partial charge in [-0.1, -0.05) is 30.2 Å². The van der Waals surface area contributed by atoms with E-state index in [0.717, 1.165) is 19.6 Å². The Hall–Kier alpha value is -1.30. The summed E-state index contributed by atoms with van der Waals surface area (Å²) in [6.45, 7) is 4.68. The van der Waals surface area contributed by atoms with Crippen molar-refractivity contribution in [2.24, 2.45) is 11.8 Å². The second-order valence-corrected chi connectivity index (χ2v) is 7.49. The van der Waals surface area contributed by atoms with Crippen LogP contribution in [0.4, 0.5) is 0 Å². The Morgan fingerprint density at radius 3 is 2.60 bits per heavy atom. The molecule has 0 bridgehead atoms. The van der Waals surface area contributed by atoms with Crippen LogP contribution in [0.5, 0.6) is 5.75 Å². The van der Waals surface area contributed by atoms with Gasteiger partial charge in [0.1, 0.15) is 5.75 Å². The van der Waals surface area contributed by atoms with Gasteiger partial charge in [-0.25, -0.2) is 0 Å². The first-order valence-electron chi connectivity index (χ1n) is 9.15. The number of carbonyl (C=O) groups excluding carboxylic acids is 1. The fourth-order valence-corrected chi connectivity index (χ4v) is 4.01. The van der Waals surface area contributed by atoms with Gasteiger partial charge >= 0.3 is 0 Å². The van der Waals surface area contributed by atoms with Crippen molar-refractivity contribution >= 4 is 17.5 Å². The number of amides is 1. The third-order valence-electron chi connectivity index (χ3n) is 5.29. The number of piperidine rings is 1. The number of aliphatic hydroxyl groups is 1. The molecule has 138 valence electrons. The quantitative estimate of drug-likeness (QED) is 0.839. The van der Waals surface area contributed by atoms with E-state index in [2.05, 4.69) is 4.90 Å². The van der Waals surface area contributed by atoms with Gasteiger partial charge < -0.3 is 19.6 Å². The highest BCUT2D eigenvalue weighted by molar-refractivity contribution is 6.32. The second kappa shape index (κ2) is 8.88. The summed E-state index contributed by atoms with van der Waals surface area (Å²) in [7, 11) is 0. The molecule has 6 heteroatoms. The number of hydrogen-bond acceptors (Lipinski definition) is 4. The molecule has 5 nitrogen and oxygen atoms in total. The third kappa shape index (κ3) is 4.87. The molecule has 0 aliphatic carbocycles. The minimum Gasteiger partial charge on any atom is -0.482 e. The van der Waals surface area contributed by atoms with E-state index < -0.39 is 0 Å². The first-order chi connectivity index (χ1) is 12.2. The van der Waals surface area contributed by atoms with E-state index >= 15 is 0 Å². The fraction of sp³-hybridized carbons (Fsp3) is 0.632. The number of benzene rings is 1. The van der Waals surface area contributed by atoms with E-state index in [9.17, 15) is 9.90 Å². The third-order valence-corrected chi connectivity index (χ3v) is 5.61. The van der Waals surface area contributed by atoms with Crippen LogP contribution in [0.2, 0.25) is 5.02 Å². The molecule has 0 radical (unpaired) electrons. The maximum atomic E-state index is 12.5. The van der Waals surface area contributed by atoms with Gasteiger partial charge in [0.15, 0.2) is 6.61 Å². The van der Waals surface area contributed by atoms with Gasteiger partial charge in [-0.05, 0) is 44.0 Å². The summed E-state index contributed by atoms with van der Waals surface area (Å²) in [6.07, 6.45) is 3.82. The zero-order valence-electron chi connectivity index (χ0n) is 14.6. The Balaban J connectivity index is 1.52. The molecule has 1 aromatic rings. The summed E-state index contributed by atoms with van der Waals surface area (Å²) in [5.74, 6) is 0.985. The van der Waals surface area contributed by atoms with Crippen molar-refractivity contribution in [3.8, 4) is 5.75 Å². The summed E-state index contributed by atoms with van der Waals surface area (Å²) >= 11 is 6.06. The Bertz CT molecular complexity index is 578. The van der Waals surface area contributed by atoms with Gasteiger partial charge in [0.2, 0.25) is 0 Å². The molecule has 1 amide bonds. The number of ether oxygens (including phenoxy) is 1. The number of carbonyl (C=O) groups is 1. The molecule has 0 unspecified atom stereocenters. The molecule has 3 rings (SSSR count). The molecule has 0 aromatic heterocycles. The van der Waals surface area contributed by atoms with E-state index in [1.54, 1.807) is 12.1 Å². The van der Waals surface area contributed by atoms with Crippen LogP contribution in [0.3, 0.4) is 0 Å². The molecule has 1 aromatic carbocycles. The first-order valence-corrected chi connectivity index (χ1v) is 9.53. The molecule has 2 fully saturated rings. The van der Waals surface area contributed by atoms with E-state index in [-0.39, 0.29) is 25.0 Å². The molecule has 2 aliphatic rings. The van der Waals surface area contributed by atoms with E-state index in [1.807, 2.05) is 17.0 Å². The number of likely N-dealkylation sites (tertiary alicyclic amines) is 2. The lowest BCUT2D eigenvalue weighted by atomic mass is 9.95. The van der Waals surface area contributed by atoms with Gasteiger partial charge in [0.05, 0.1) is 5.02 Å². The lowest BCUT2D eigenvalue weighted by molar-refractivity contribution is -0.132. The lowest BCUT2D eigenvalue weighted by Gasteiger charge is -2.30. The van der Waals surface area contributed by atoms with E-state index in [4.69, 9.17) is 16.3 Å². The smallest absolute Gasteiger partial charge is 0.260 e. The predicted octanol–water partition coefficient (Wildman–Crippen LogP) is 2.27. The molecule has 0 saturated carbocycles. The molecular formula is C19H27ClN2O3. The summed E-state index contributed by atoms with van der Waals surface area (Å²) < 4.78 is 5.57. The summed E-state index contributed by atoms with van der Waals surface area (Å²) in [6, 6.07) is 7.16. The van der Waals surface area contributed by atoms with E-state index in [0.29, 0.717) is 29.8 Å². The van der Waals surface area contributed by atoms with Crippen molar-refractivity contribution in [2.45, 2.75) is 19.3 Å². The van der Waals surface area contributed by atoms with Gasteiger partial charge in [-0.2, -0.15) is 0 Å². The first kappa shape index (κ1) is 18.5. The number of halogens is 1. The average molecular weight is 367 g/mol. The molecule has 2 aliphatic heterocycles. The Labute approximate surface area is 154 Å². The highest BCUT2D eigenvalue weighted by Crippen LogP contribution is 2.26. The minimum absolute atomic E-state index is 0.0156. The summed E-state index contributed by atoms with van der Waals surface area (Å²) in [5, 5.41) is 10.2. The van der Waals surface area contributed by atoms with Crippen molar-refractivity contribution in [1.29, 1.82) is 0 Å². The van der Waals surface area contributed by atoms with E-state index in [1.165, 1.54) is 19.3 Å². The number of rotatable bonds is 6.